The molecule has 1 saturated heterocycles. The third kappa shape index (κ3) is 5.46. The van der Waals surface area contributed by atoms with Crippen LogP contribution in [0.4, 0.5) is 0 Å². The van der Waals surface area contributed by atoms with Crippen LogP contribution in [0, 0.1) is 16.7 Å². The molecule has 0 unspecified atom stereocenters. The molecule has 0 spiro atoms. The van der Waals surface area contributed by atoms with Crippen molar-refractivity contribution in [3.05, 3.63) is 0 Å². The highest BCUT2D eigenvalue weighted by Gasteiger charge is 2.31. The van der Waals surface area contributed by atoms with E-state index >= 15 is 0 Å². The van der Waals surface area contributed by atoms with Crippen molar-refractivity contribution in [1.29, 1.82) is 0 Å². The number of hydrogen-bond donors (Lipinski definition) is 0. The van der Waals surface area contributed by atoms with Crippen molar-refractivity contribution < 1.29 is 0 Å². The molecular formula is C15H30S2. The minimum absolute atomic E-state index is 0.494. The lowest BCUT2D eigenvalue weighted by Crippen LogP contribution is -2.29. The van der Waals surface area contributed by atoms with E-state index in [4.69, 9.17) is 0 Å². The van der Waals surface area contributed by atoms with E-state index in [0.29, 0.717) is 10.8 Å². The van der Waals surface area contributed by atoms with Gasteiger partial charge in [-0.3, -0.25) is 0 Å². The zero-order valence-corrected chi connectivity index (χ0v) is 14.1. The van der Waals surface area contributed by atoms with E-state index in [1.54, 1.807) is 0 Å². The lowest BCUT2D eigenvalue weighted by molar-refractivity contribution is 0.291. The zero-order valence-electron chi connectivity index (χ0n) is 12.5. The molecule has 0 amide bonds. The summed E-state index contributed by atoms with van der Waals surface area (Å²) in [6, 6.07) is 0. The molecule has 1 heterocycles. The summed E-state index contributed by atoms with van der Waals surface area (Å²) in [5.74, 6) is 3.63. The van der Waals surface area contributed by atoms with Crippen molar-refractivity contribution in [2.45, 2.75) is 65.4 Å². The Hall–Kier alpha value is 0.700. The van der Waals surface area contributed by atoms with Gasteiger partial charge < -0.3 is 0 Å². The molecule has 102 valence electrons. The van der Waals surface area contributed by atoms with Gasteiger partial charge in [0, 0.05) is 0 Å². The van der Waals surface area contributed by atoms with Gasteiger partial charge >= 0.3 is 0 Å². The van der Waals surface area contributed by atoms with E-state index in [-0.39, 0.29) is 0 Å². The largest absolute Gasteiger partial charge is 0.147 e. The smallest absolute Gasteiger partial charge is 0.0502 e. The molecule has 0 nitrogen and oxygen atoms in total. The molecule has 0 atom stereocenters. The predicted octanol–water partition coefficient (Wildman–Crippen LogP) is 5.67. The van der Waals surface area contributed by atoms with Crippen LogP contribution in [0.2, 0.25) is 0 Å². The number of rotatable bonds is 4. The first kappa shape index (κ1) is 15.8. The average Bonchev–Trinajstić information content (AvgIpc) is 2.26. The van der Waals surface area contributed by atoms with E-state index in [2.05, 4.69) is 65.1 Å². The lowest BCUT2D eigenvalue weighted by atomic mass is 9.83. The second kappa shape index (κ2) is 6.23. The minimum Gasteiger partial charge on any atom is -0.147 e. The molecule has 2 heteroatoms. The van der Waals surface area contributed by atoms with Crippen molar-refractivity contribution in [2.75, 3.05) is 11.5 Å². The van der Waals surface area contributed by atoms with Gasteiger partial charge in [0.15, 0.2) is 0 Å². The zero-order chi connectivity index (χ0) is 13.1. The maximum Gasteiger partial charge on any atom is 0.0502 e. The van der Waals surface area contributed by atoms with Crippen LogP contribution in [-0.4, -0.2) is 16.1 Å². The Morgan fingerprint density at radius 2 is 1.53 bits per heavy atom. The molecule has 0 aliphatic carbocycles. The quantitative estimate of drug-likeness (QED) is 0.647. The third-order valence-corrected chi connectivity index (χ3v) is 7.43. The van der Waals surface area contributed by atoms with Gasteiger partial charge in [0.2, 0.25) is 0 Å². The van der Waals surface area contributed by atoms with Gasteiger partial charge in [-0.05, 0) is 41.1 Å². The molecule has 1 rings (SSSR count). The van der Waals surface area contributed by atoms with Crippen molar-refractivity contribution in [1.82, 2.24) is 0 Å². The van der Waals surface area contributed by atoms with Crippen molar-refractivity contribution in [3.63, 3.8) is 0 Å². The summed E-state index contributed by atoms with van der Waals surface area (Å²) in [5.41, 5.74) is 1.04. The molecule has 0 radical (unpaired) electrons. The Labute approximate surface area is 117 Å². The maximum atomic E-state index is 2.41. The van der Waals surface area contributed by atoms with Crippen LogP contribution in [0.3, 0.4) is 0 Å². The molecular weight excluding hydrogens is 244 g/mol. The van der Waals surface area contributed by atoms with Crippen LogP contribution >= 0.6 is 23.5 Å². The first-order valence-corrected chi connectivity index (χ1v) is 9.07. The van der Waals surface area contributed by atoms with Gasteiger partial charge in [0.1, 0.15) is 0 Å². The molecule has 0 aromatic rings. The van der Waals surface area contributed by atoms with Crippen LogP contribution in [0.25, 0.3) is 0 Å². The third-order valence-electron chi connectivity index (χ3n) is 4.21. The first-order chi connectivity index (χ1) is 7.74. The molecule has 0 aromatic carbocycles. The Morgan fingerprint density at radius 3 is 1.94 bits per heavy atom. The average molecular weight is 275 g/mol. The summed E-state index contributed by atoms with van der Waals surface area (Å²) in [7, 11) is 0. The van der Waals surface area contributed by atoms with Gasteiger partial charge in [0.25, 0.3) is 0 Å². The predicted molar refractivity (Wildman–Crippen MR) is 85.0 cm³/mol. The van der Waals surface area contributed by atoms with E-state index in [0.717, 1.165) is 10.5 Å². The van der Waals surface area contributed by atoms with Crippen LogP contribution < -0.4 is 0 Å². The molecule has 1 aliphatic heterocycles. The maximum absolute atomic E-state index is 2.41. The second-order valence-electron chi connectivity index (χ2n) is 7.22. The molecule has 0 bridgehead atoms. The van der Waals surface area contributed by atoms with Crippen LogP contribution in [0.5, 0.6) is 0 Å². The monoisotopic (exact) mass is 274 g/mol. The topological polar surface area (TPSA) is 0 Å². The Kier molecular flexibility index (Phi) is 5.78. The fraction of sp³-hybridized carbons (Fsp3) is 1.00. The van der Waals surface area contributed by atoms with Crippen LogP contribution in [0.15, 0.2) is 0 Å². The molecule has 1 fully saturated rings. The van der Waals surface area contributed by atoms with Crippen LogP contribution in [-0.2, 0) is 0 Å². The summed E-state index contributed by atoms with van der Waals surface area (Å²) >= 11 is 4.42. The molecule has 0 saturated carbocycles. The molecule has 17 heavy (non-hydrogen) atoms. The summed E-state index contributed by atoms with van der Waals surface area (Å²) < 4.78 is 0.861. The Morgan fingerprint density at radius 1 is 1.00 bits per heavy atom. The number of thioether (sulfide) groups is 2. The fourth-order valence-electron chi connectivity index (χ4n) is 1.90. The lowest BCUT2D eigenvalue weighted by Gasteiger charge is -2.37. The Balaban J connectivity index is 2.29. The molecule has 0 aromatic heterocycles. The van der Waals surface area contributed by atoms with Crippen LogP contribution in [0.1, 0.15) is 60.8 Å². The summed E-state index contributed by atoms with van der Waals surface area (Å²) in [5, 5.41) is 0. The highest BCUT2D eigenvalue weighted by molar-refractivity contribution is 8.17. The summed E-state index contributed by atoms with van der Waals surface area (Å²) in [6.45, 7) is 14.3. The Bertz CT molecular complexity index is 220. The summed E-state index contributed by atoms with van der Waals surface area (Å²) in [6.07, 6.45) is 4.08. The fourth-order valence-corrected chi connectivity index (χ4v) is 5.60. The standard InChI is InChI=1S/C15H30S2/c1-7-15(5,6)9-8-13-16-10-12(11-17-13)14(2,3)4/h12-13H,7-11H2,1-6H3. The molecule has 1 aliphatic rings. The SMILES string of the molecule is CCC(C)(C)CCC1SCC(C(C)(C)C)CS1. The van der Waals surface area contributed by atoms with E-state index in [9.17, 15) is 0 Å². The minimum atomic E-state index is 0.494. The molecule has 0 N–H and O–H groups in total. The highest BCUT2D eigenvalue weighted by Crippen LogP contribution is 2.44. The number of hydrogen-bond acceptors (Lipinski definition) is 2. The van der Waals surface area contributed by atoms with E-state index in [1.807, 2.05) is 0 Å². The van der Waals surface area contributed by atoms with Gasteiger partial charge in [-0.2, -0.15) is 0 Å². The summed E-state index contributed by atoms with van der Waals surface area (Å²) in [4.78, 5) is 0. The van der Waals surface area contributed by atoms with Crippen molar-refractivity contribution in [3.8, 4) is 0 Å². The highest BCUT2D eigenvalue weighted by atomic mass is 32.2. The first-order valence-electron chi connectivity index (χ1n) is 6.98. The van der Waals surface area contributed by atoms with Gasteiger partial charge in [-0.1, -0.05) is 48.0 Å². The van der Waals surface area contributed by atoms with Crippen molar-refractivity contribution >= 4 is 23.5 Å². The van der Waals surface area contributed by atoms with Gasteiger partial charge in [-0.25, -0.2) is 0 Å². The van der Waals surface area contributed by atoms with Gasteiger partial charge in [0.05, 0.1) is 4.58 Å². The van der Waals surface area contributed by atoms with E-state index < -0.39 is 0 Å². The normalized spacial score (nSPS) is 27.2. The second-order valence-corrected chi connectivity index (χ2v) is 9.99. The van der Waals surface area contributed by atoms with E-state index in [1.165, 1.54) is 30.8 Å². The van der Waals surface area contributed by atoms with Gasteiger partial charge in [-0.15, -0.1) is 23.5 Å². The van der Waals surface area contributed by atoms with Crippen molar-refractivity contribution in [2.24, 2.45) is 16.7 Å².